The molecule has 5 nitrogen and oxygen atoms in total. The number of furan rings is 1. The van der Waals surface area contributed by atoms with Crippen LogP contribution in [-0.2, 0) is 6.61 Å². The average molecular weight is 378 g/mol. The van der Waals surface area contributed by atoms with Gasteiger partial charge in [-0.2, -0.15) is 0 Å². The van der Waals surface area contributed by atoms with Gasteiger partial charge in [-0.1, -0.05) is 30.3 Å². The molecule has 5 heteroatoms. The van der Waals surface area contributed by atoms with E-state index in [1.165, 1.54) is 5.39 Å². The van der Waals surface area contributed by atoms with Crippen molar-refractivity contribution in [1.29, 1.82) is 0 Å². The van der Waals surface area contributed by atoms with Gasteiger partial charge >= 0.3 is 0 Å². The van der Waals surface area contributed by atoms with Gasteiger partial charge in [0.15, 0.2) is 5.76 Å². The molecule has 0 spiro atoms. The lowest BCUT2D eigenvalue weighted by molar-refractivity contribution is 0.0625. The highest BCUT2D eigenvalue weighted by Gasteiger charge is 2.28. The highest BCUT2D eigenvalue weighted by molar-refractivity contribution is 5.91. The fourth-order valence-electron chi connectivity index (χ4n) is 3.76. The summed E-state index contributed by atoms with van der Waals surface area (Å²) >= 11 is 0. The SMILES string of the molecule is CC(N)C1CCCN(C(=O)c2ccc(COc3ccc4ccccc4c3)o2)C1. The van der Waals surface area contributed by atoms with Gasteiger partial charge in [0.2, 0.25) is 0 Å². The van der Waals surface area contributed by atoms with Crippen molar-refractivity contribution in [1.82, 2.24) is 4.90 Å². The number of hydrogen-bond acceptors (Lipinski definition) is 4. The molecular weight excluding hydrogens is 352 g/mol. The Kier molecular flexibility index (Phi) is 5.35. The minimum Gasteiger partial charge on any atom is -0.486 e. The third-order valence-electron chi connectivity index (χ3n) is 5.46. The lowest BCUT2D eigenvalue weighted by Crippen LogP contribution is -2.44. The molecular formula is C23H26N2O3. The molecule has 2 heterocycles. The fourth-order valence-corrected chi connectivity index (χ4v) is 3.76. The van der Waals surface area contributed by atoms with Gasteiger partial charge in [0.25, 0.3) is 5.91 Å². The van der Waals surface area contributed by atoms with Crippen molar-refractivity contribution in [2.24, 2.45) is 11.7 Å². The van der Waals surface area contributed by atoms with Crippen LogP contribution in [-0.4, -0.2) is 29.9 Å². The molecule has 1 amide bonds. The first-order valence-corrected chi connectivity index (χ1v) is 9.85. The Bertz CT molecular complexity index is 963. The standard InChI is InChI=1S/C23H26N2O3/c1-16(24)19-7-4-12-25(14-19)23(26)22-11-10-21(28-22)15-27-20-9-8-17-5-2-3-6-18(17)13-20/h2-3,5-6,8-11,13,16,19H,4,7,12,14-15,24H2,1H3. The van der Waals surface area contributed by atoms with Gasteiger partial charge in [-0.15, -0.1) is 0 Å². The molecule has 2 unspecified atom stereocenters. The van der Waals surface area contributed by atoms with Crippen LogP contribution in [0.15, 0.2) is 59.0 Å². The molecule has 1 aromatic heterocycles. The quantitative estimate of drug-likeness (QED) is 0.722. The summed E-state index contributed by atoms with van der Waals surface area (Å²) in [5.41, 5.74) is 6.02. The molecule has 2 aromatic carbocycles. The van der Waals surface area contributed by atoms with E-state index in [1.807, 2.05) is 42.2 Å². The van der Waals surface area contributed by atoms with E-state index >= 15 is 0 Å². The van der Waals surface area contributed by atoms with Gasteiger partial charge in [0.1, 0.15) is 18.1 Å². The number of ether oxygens (including phenoxy) is 1. The Morgan fingerprint density at radius 1 is 1.21 bits per heavy atom. The molecule has 2 N–H and O–H groups in total. The normalized spacial score (nSPS) is 18.2. The summed E-state index contributed by atoms with van der Waals surface area (Å²) in [6, 6.07) is 17.8. The van der Waals surface area contributed by atoms with Crippen LogP contribution in [0.1, 0.15) is 36.1 Å². The van der Waals surface area contributed by atoms with E-state index in [-0.39, 0.29) is 18.6 Å². The third-order valence-corrected chi connectivity index (χ3v) is 5.46. The van der Waals surface area contributed by atoms with Gasteiger partial charge in [-0.3, -0.25) is 4.79 Å². The minimum absolute atomic E-state index is 0.0673. The van der Waals surface area contributed by atoms with Gasteiger partial charge in [0.05, 0.1) is 0 Å². The zero-order chi connectivity index (χ0) is 19.5. The average Bonchev–Trinajstić information content (AvgIpc) is 3.20. The zero-order valence-corrected chi connectivity index (χ0v) is 16.1. The molecule has 146 valence electrons. The lowest BCUT2D eigenvalue weighted by Gasteiger charge is -2.34. The summed E-state index contributed by atoms with van der Waals surface area (Å²) in [6.45, 7) is 3.74. The number of nitrogens with zero attached hydrogens (tertiary/aromatic N) is 1. The number of piperidine rings is 1. The van der Waals surface area contributed by atoms with E-state index in [2.05, 4.69) is 12.1 Å². The van der Waals surface area contributed by atoms with E-state index in [0.29, 0.717) is 24.0 Å². The van der Waals surface area contributed by atoms with Gasteiger partial charge in [-0.25, -0.2) is 0 Å². The molecule has 0 saturated carbocycles. The molecule has 0 aliphatic carbocycles. The monoisotopic (exact) mass is 378 g/mol. The first-order valence-electron chi connectivity index (χ1n) is 9.85. The van der Waals surface area contributed by atoms with Gasteiger partial charge < -0.3 is 19.8 Å². The summed E-state index contributed by atoms with van der Waals surface area (Å²) in [5.74, 6) is 2.06. The van der Waals surface area contributed by atoms with Crippen LogP contribution in [0.25, 0.3) is 10.8 Å². The van der Waals surface area contributed by atoms with E-state index in [9.17, 15) is 4.79 Å². The van der Waals surface area contributed by atoms with Crippen molar-refractivity contribution in [2.75, 3.05) is 13.1 Å². The summed E-state index contributed by atoms with van der Waals surface area (Å²) in [6.07, 6.45) is 2.06. The highest BCUT2D eigenvalue weighted by Crippen LogP contribution is 2.23. The minimum atomic E-state index is -0.0673. The maximum atomic E-state index is 12.8. The summed E-state index contributed by atoms with van der Waals surface area (Å²) in [5, 5.41) is 2.30. The number of hydrogen-bond donors (Lipinski definition) is 1. The summed E-state index contributed by atoms with van der Waals surface area (Å²) in [4.78, 5) is 14.6. The number of carbonyl (C=O) groups is 1. The van der Waals surface area contributed by atoms with Crippen molar-refractivity contribution in [3.8, 4) is 5.75 Å². The first kappa shape index (κ1) is 18.6. The smallest absolute Gasteiger partial charge is 0.289 e. The van der Waals surface area contributed by atoms with Crippen LogP contribution in [0.3, 0.4) is 0 Å². The summed E-state index contributed by atoms with van der Waals surface area (Å²) < 4.78 is 11.6. The van der Waals surface area contributed by atoms with Crippen LogP contribution in [0.2, 0.25) is 0 Å². The van der Waals surface area contributed by atoms with Crippen LogP contribution in [0, 0.1) is 5.92 Å². The number of benzene rings is 2. The van der Waals surface area contributed by atoms with Gasteiger partial charge in [0, 0.05) is 19.1 Å². The number of amides is 1. The van der Waals surface area contributed by atoms with E-state index < -0.39 is 0 Å². The van der Waals surface area contributed by atoms with Crippen LogP contribution < -0.4 is 10.5 Å². The number of carbonyl (C=O) groups excluding carboxylic acids is 1. The van der Waals surface area contributed by atoms with E-state index in [0.717, 1.165) is 30.5 Å². The number of rotatable bonds is 5. The van der Waals surface area contributed by atoms with E-state index in [1.54, 1.807) is 12.1 Å². The molecule has 1 fully saturated rings. The van der Waals surface area contributed by atoms with Crippen LogP contribution in [0.4, 0.5) is 0 Å². The number of nitrogens with two attached hydrogens (primary N) is 1. The third kappa shape index (κ3) is 4.04. The molecule has 2 atom stereocenters. The molecule has 1 aliphatic heterocycles. The van der Waals surface area contributed by atoms with E-state index in [4.69, 9.17) is 14.9 Å². The maximum Gasteiger partial charge on any atom is 0.289 e. The summed E-state index contributed by atoms with van der Waals surface area (Å²) in [7, 11) is 0. The Balaban J connectivity index is 1.39. The Morgan fingerprint density at radius 2 is 2.04 bits per heavy atom. The van der Waals surface area contributed by atoms with Gasteiger partial charge in [-0.05, 0) is 60.7 Å². The molecule has 28 heavy (non-hydrogen) atoms. The molecule has 1 saturated heterocycles. The molecule has 4 rings (SSSR count). The predicted octanol–water partition coefficient (Wildman–Crippen LogP) is 4.21. The van der Waals surface area contributed by atoms with Crippen molar-refractivity contribution < 1.29 is 13.9 Å². The Labute approximate surface area is 165 Å². The largest absolute Gasteiger partial charge is 0.486 e. The number of fused-ring (bicyclic) bond motifs is 1. The zero-order valence-electron chi connectivity index (χ0n) is 16.1. The fraction of sp³-hybridized carbons (Fsp3) is 0.348. The van der Waals surface area contributed by atoms with Crippen molar-refractivity contribution in [3.05, 3.63) is 66.1 Å². The Morgan fingerprint density at radius 3 is 2.86 bits per heavy atom. The Hall–Kier alpha value is -2.79. The molecule has 0 bridgehead atoms. The second kappa shape index (κ2) is 8.07. The number of likely N-dealkylation sites (tertiary alicyclic amines) is 1. The molecule has 3 aromatic rings. The highest BCUT2D eigenvalue weighted by atomic mass is 16.5. The lowest BCUT2D eigenvalue weighted by atomic mass is 9.92. The molecule has 1 aliphatic rings. The van der Waals surface area contributed by atoms with Crippen molar-refractivity contribution >= 4 is 16.7 Å². The molecule has 0 radical (unpaired) electrons. The van der Waals surface area contributed by atoms with Crippen molar-refractivity contribution in [3.63, 3.8) is 0 Å². The maximum absolute atomic E-state index is 12.8. The predicted molar refractivity (Wildman–Crippen MR) is 109 cm³/mol. The van der Waals surface area contributed by atoms with Crippen LogP contribution >= 0.6 is 0 Å². The second-order valence-corrected chi connectivity index (χ2v) is 7.58. The second-order valence-electron chi connectivity index (χ2n) is 7.58. The van der Waals surface area contributed by atoms with Crippen LogP contribution in [0.5, 0.6) is 5.75 Å². The first-order chi connectivity index (χ1) is 13.6. The topological polar surface area (TPSA) is 68.7 Å². The van der Waals surface area contributed by atoms with Crippen molar-refractivity contribution in [2.45, 2.75) is 32.4 Å².